The number of rotatable bonds is 20. The van der Waals surface area contributed by atoms with Crippen LogP contribution >= 0.6 is 42.3 Å². The Morgan fingerprint density at radius 3 is 2.13 bits per heavy atom. The molecule has 5 nitrogen and oxygen atoms in total. The lowest BCUT2D eigenvalue weighted by atomic mass is 10.0. The second-order valence-electron chi connectivity index (χ2n) is 13.0. The number of unbranched alkanes of at least 4 members (excludes halogenated alkanes) is 7. The van der Waals surface area contributed by atoms with E-state index in [0.717, 1.165) is 67.0 Å². The highest BCUT2D eigenvalue weighted by Gasteiger charge is 2.20. The van der Waals surface area contributed by atoms with Gasteiger partial charge in [0, 0.05) is 41.9 Å². The molecular weight excluding hydrogens is 724 g/mol. The molecule has 0 saturated heterocycles. The molecule has 3 heterocycles. The highest BCUT2D eigenvalue weighted by Crippen LogP contribution is 2.47. The SMILES string of the molecule is CCCCCCCCC#Cc1ccc(-c2ccc(-c3cc(OCC(CC)CCCC)c(-c4ccc(-c5cccc(O[PH](=O)O)c5)s4)cc3OC)s2)s1. The zero-order valence-electron chi connectivity index (χ0n) is 30.8. The molecule has 2 aromatic carbocycles. The van der Waals surface area contributed by atoms with Gasteiger partial charge in [0.2, 0.25) is 0 Å². The second kappa shape index (κ2) is 20.8. The number of benzene rings is 2. The van der Waals surface area contributed by atoms with E-state index in [2.05, 4.69) is 81.1 Å². The molecule has 0 saturated carbocycles. The van der Waals surface area contributed by atoms with Crippen LogP contribution in [0.2, 0.25) is 0 Å². The zero-order valence-corrected chi connectivity index (χ0v) is 34.2. The second-order valence-corrected chi connectivity index (χ2v) is 17.0. The zero-order chi connectivity index (χ0) is 36.7. The number of methoxy groups -OCH3 is 1. The van der Waals surface area contributed by atoms with Crippen LogP contribution in [0.5, 0.6) is 17.2 Å². The van der Waals surface area contributed by atoms with Crippen LogP contribution in [0.15, 0.2) is 72.8 Å². The Bertz CT molecular complexity index is 1940. The molecule has 0 aliphatic carbocycles. The maximum absolute atomic E-state index is 11.3. The average molecular weight is 775 g/mol. The number of thiophene rings is 3. The van der Waals surface area contributed by atoms with Crippen LogP contribution in [-0.4, -0.2) is 18.6 Å². The molecular formula is C43H51O5PS3. The summed E-state index contributed by atoms with van der Waals surface area (Å²) in [5.41, 5.74) is 2.91. The van der Waals surface area contributed by atoms with Gasteiger partial charge in [-0.2, -0.15) is 0 Å². The fraction of sp³-hybridized carbons (Fsp3) is 0.395. The van der Waals surface area contributed by atoms with Crippen molar-refractivity contribution in [3.8, 4) is 70.2 Å². The molecule has 0 amide bonds. The van der Waals surface area contributed by atoms with Gasteiger partial charge < -0.3 is 18.9 Å². The van der Waals surface area contributed by atoms with Gasteiger partial charge in [0.1, 0.15) is 17.2 Å². The third kappa shape index (κ3) is 11.3. The van der Waals surface area contributed by atoms with Crippen molar-refractivity contribution in [1.29, 1.82) is 0 Å². The van der Waals surface area contributed by atoms with Crippen molar-refractivity contribution in [3.63, 3.8) is 0 Å². The summed E-state index contributed by atoms with van der Waals surface area (Å²) in [5.74, 6) is 9.27. The Morgan fingerprint density at radius 2 is 1.38 bits per heavy atom. The Hall–Kier alpha value is -3.31. The molecule has 1 N–H and O–H groups in total. The van der Waals surface area contributed by atoms with Crippen LogP contribution in [0, 0.1) is 17.8 Å². The summed E-state index contributed by atoms with van der Waals surface area (Å²) < 4.78 is 29.2. The number of hydrogen-bond acceptors (Lipinski definition) is 7. The fourth-order valence-corrected chi connectivity index (χ4v) is 9.44. The van der Waals surface area contributed by atoms with Crippen molar-refractivity contribution in [2.24, 2.45) is 5.92 Å². The first-order chi connectivity index (χ1) is 25.4. The van der Waals surface area contributed by atoms with E-state index in [0.29, 0.717) is 18.3 Å². The third-order valence-corrected chi connectivity index (χ3v) is 13.0. The van der Waals surface area contributed by atoms with E-state index in [1.807, 2.05) is 12.1 Å². The summed E-state index contributed by atoms with van der Waals surface area (Å²) in [6, 6.07) is 24.4. The number of hydrogen-bond donors (Lipinski definition) is 1. The molecule has 2 unspecified atom stereocenters. The molecule has 0 aliphatic heterocycles. The van der Waals surface area contributed by atoms with Crippen molar-refractivity contribution in [2.45, 2.75) is 91.4 Å². The van der Waals surface area contributed by atoms with E-state index in [1.54, 1.807) is 53.3 Å². The molecule has 52 heavy (non-hydrogen) atoms. The van der Waals surface area contributed by atoms with Gasteiger partial charge in [0.15, 0.2) is 0 Å². The van der Waals surface area contributed by atoms with Gasteiger partial charge in [0.25, 0.3) is 0 Å². The van der Waals surface area contributed by atoms with Crippen LogP contribution in [0.4, 0.5) is 0 Å². The predicted octanol–water partition coefficient (Wildman–Crippen LogP) is 14.0. The molecule has 5 rings (SSSR count). The summed E-state index contributed by atoms with van der Waals surface area (Å²) in [7, 11) is -1.36. The largest absolute Gasteiger partial charge is 0.496 e. The summed E-state index contributed by atoms with van der Waals surface area (Å²) in [5, 5.41) is 0. The summed E-state index contributed by atoms with van der Waals surface area (Å²) in [4.78, 5) is 16.0. The smallest absolute Gasteiger partial charge is 0.365 e. The standard InChI is InChI=1S/C43H51O5PS3/c1-5-8-10-11-12-13-14-15-20-34-21-22-42(50-34)43-26-25-40(52-43)35-29-38(47-30-31(7-3)17-9-6-2)36(28-37(35)46-4)41-24-23-39(51-41)32-18-16-19-33(27-32)48-49(44)45/h16,18-19,21-29,31,49H,5-14,17,30H2,1-4H3,(H,44,45). The monoisotopic (exact) mass is 774 g/mol. The van der Waals surface area contributed by atoms with Gasteiger partial charge in [-0.15, -0.1) is 34.0 Å². The minimum atomic E-state index is -3.09. The Kier molecular flexibility index (Phi) is 16.0. The Balaban J connectivity index is 1.40. The lowest BCUT2D eigenvalue weighted by molar-refractivity contribution is 0.234. The van der Waals surface area contributed by atoms with Gasteiger partial charge in [0.05, 0.1) is 18.6 Å². The molecule has 0 bridgehead atoms. The first kappa shape index (κ1) is 39.9. The molecule has 9 heteroatoms. The summed E-state index contributed by atoms with van der Waals surface area (Å²) in [6.07, 6.45) is 13.3. The molecule has 276 valence electrons. The van der Waals surface area contributed by atoms with Crippen molar-refractivity contribution in [2.75, 3.05) is 13.7 Å². The van der Waals surface area contributed by atoms with E-state index in [9.17, 15) is 9.46 Å². The molecule has 0 fully saturated rings. The molecule has 0 spiro atoms. The third-order valence-electron chi connectivity index (χ3n) is 9.10. The molecule has 0 radical (unpaired) electrons. The Labute approximate surface area is 323 Å². The molecule has 5 aromatic rings. The van der Waals surface area contributed by atoms with Gasteiger partial charge in [-0.05, 0) is 85.0 Å². The van der Waals surface area contributed by atoms with Gasteiger partial charge >= 0.3 is 8.25 Å². The van der Waals surface area contributed by atoms with E-state index < -0.39 is 8.25 Å². The van der Waals surface area contributed by atoms with Crippen molar-refractivity contribution < 1.29 is 23.5 Å². The quantitative estimate of drug-likeness (QED) is 0.0485. The van der Waals surface area contributed by atoms with Crippen LogP contribution in [0.3, 0.4) is 0 Å². The van der Waals surface area contributed by atoms with E-state index in [1.165, 1.54) is 61.1 Å². The lowest BCUT2D eigenvalue weighted by Crippen LogP contribution is -2.11. The minimum absolute atomic E-state index is 0.372. The first-order valence-electron chi connectivity index (χ1n) is 18.6. The fourth-order valence-electron chi connectivity index (χ4n) is 6.09. The van der Waals surface area contributed by atoms with Crippen LogP contribution in [0.1, 0.15) is 96.3 Å². The minimum Gasteiger partial charge on any atom is -0.496 e. The van der Waals surface area contributed by atoms with Gasteiger partial charge in [-0.25, -0.2) is 4.57 Å². The highest BCUT2D eigenvalue weighted by atomic mass is 32.1. The topological polar surface area (TPSA) is 65.0 Å². The summed E-state index contributed by atoms with van der Waals surface area (Å²) in [6.45, 7) is 7.39. The Morgan fingerprint density at radius 1 is 0.731 bits per heavy atom. The first-order valence-corrected chi connectivity index (χ1v) is 22.3. The lowest BCUT2D eigenvalue weighted by Gasteiger charge is -2.19. The van der Waals surface area contributed by atoms with Gasteiger partial charge in [-0.1, -0.05) is 96.1 Å². The maximum atomic E-state index is 11.3. The van der Waals surface area contributed by atoms with Gasteiger partial charge in [-0.3, -0.25) is 0 Å². The molecule has 0 aliphatic rings. The highest BCUT2D eigenvalue weighted by molar-refractivity contribution is 7.32. The van der Waals surface area contributed by atoms with Crippen LogP contribution < -0.4 is 14.0 Å². The van der Waals surface area contributed by atoms with Crippen LogP contribution in [0.25, 0.3) is 41.1 Å². The van der Waals surface area contributed by atoms with Crippen molar-refractivity contribution in [1.82, 2.24) is 0 Å². The molecule has 2 atom stereocenters. The summed E-state index contributed by atoms with van der Waals surface area (Å²) >= 11 is 5.16. The van der Waals surface area contributed by atoms with E-state index in [-0.39, 0.29) is 0 Å². The maximum Gasteiger partial charge on any atom is 0.365 e. The average Bonchev–Trinajstić information content (AvgIpc) is 3.94. The van der Waals surface area contributed by atoms with Crippen LogP contribution in [-0.2, 0) is 4.57 Å². The normalized spacial score (nSPS) is 12.2. The predicted molar refractivity (Wildman–Crippen MR) is 224 cm³/mol. The van der Waals surface area contributed by atoms with E-state index in [4.69, 9.17) is 14.0 Å². The number of ether oxygens (including phenoxy) is 2. The van der Waals surface area contributed by atoms with E-state index >= 15 is 0 Å². The van der Waals surface area contributed by atoms with Crippen molar-refractivity contribution in [3.05, 3.63) is 77.7 Å². The van der Waals surface area contributed by atoms with Crippen molar-refractivity contribution >= 4 is 42.3 Å². The molecule has 3 aromatic heterocycles.